The Morgan fingerprint density at radius 2 is 1.20 bits per heavy atom. The van der Waals surface area contributed by atoms with Crippen LogP contribution in [0.5, 0.6) is 11.5 Å². The summed E-state index contributed by atoms with van der Waals surface area (Å²) in [5, 5.41) is 0.593. The number of aromatic nitrogens is 2. The third-order valence-electron chi connectivity index (χ3n) is 15.8. The Morgan fingerprint density at radius 1 is 0.549 bits per heavy atom. The summed E-state index contributed by atoms with van der Waals surface area (Å²) in [5.41, 5.74) is 4.64. The summed E-state index contributed by atoms with van der Waals surface area (Å²) in [6, 6.07) is 32.5. The molecule has 9 aromatic carbocycles. The minimum atomic E-state index is -0.733. The topological polar surface area (TPSA) is 33.5 Å². The van der Waals surface area contributed by atoms with Crippen LogP contribution in [0.2, 0.25) is 0 Å². The molecule has 1 aliphatic heterocycles. The standard InChI is InChI=1S/C76H69N4O.Pt/c1-73(2,3)55-43-61(53-28-21-27-52(41-53)50-23-13-11-14-24-50)72(62(44-55)54-35-38-64-66(42-54)76(9,10)40-39-75(64,7)8)79-49-78(68-33-19-20-34-69(68)79)56-29-22-30-57(45-56)81-58-36-37-60-59-31-17-18-32-67(59)80(70(60)46-58)71-47-65(74(4,5)6)63(48-77-71)51-25-15-12-16-26-51;/h11-38,41-44,47-49H,39-40H2,1-10H3;/q-3;/i12D,15D,16D,17D,18D,21D,25D,26D,27D,28D,31D,32D,35D,38D,41D,42D;. The third kappa shape index (κ3) is 9.85. The van der Waals surface area contributed by atoms with Crippen LogP contribution in [-0.2, 0) is 42.7 Å². The zero-order valence-corrected chi connectivity index (χ0v) is 49.7. The van der Waals surface area contributed by atoms with Crippen LogP contribution in [0.1, 0.15) is 126 Å². The first-order valence-corrected chi connectivity index (χ1v) is 27.3. The van der Waals surface area contributed by atoms with Gasteiger partial charge in [-0.05, 0) is 132 Å². The average Bonchev–Trinajstić information content (AvgIpc) is 1.13. The van der Waals surface area contributed by atoms with Gasteiger partial charge in [-0.1, -0.05) is 202 Å². The molecule has 3 heterocycles. The quantitative estimate of drug-likeness (QED) is 0.135. The van der Waals surface area contributed by atoms with Gasteiger partial charge in [-0.3, -0.25) is 0 Å². The van der Waals surface area contributed by atoms with Crippen LogP contribution in [-0.4, -0.2) is 9.55 Å². The number of ether oxygens (including phenoxy) is 1. The van der Waals surface area contributed by atoms with Gasteiger partial charge in [0.25, 0.3) is 0 Å². The van der Waals surface area contributed by atoms with Gasteiger partial charge in [0.1, 0.15) is 5.82 Å². The molecule has 2 aromatic heterocycles. The van der Waals surface area contributed by atoms with Crippen LogP contribution in [0.3, 0.4) is 0 Å². The number of fused-ring (bicyclic) bond motifs is 5. The van der Waals surface area contributed by atoms with E-state index in [9.17, 15) is 12.3 Å². The number of anilines is 4. The molecule has 0 saturated carbocycles. The smallest absolute Gasteiger partial charge is 0.135 e. The molecule has 82 heavy (non-hydrogen) atoms. The van der Waals surface area contributed by atoms with Gasteiger partial charge in [0.15, 0.2) is 0 Å². The van der Waals surface area contributed by atoms with E-state index in [0.29, 0.717) is 61.5 Å². The summed E-state index contributed by atoms with van der Waals surface area (Å²) < 4.78 is 157. The molecule has 11 aromatic rings. The molecule has 5 nitrogen and oxygen atoms in total. The number of para-hydroxylation sites is 3. The minimum absolute atomic E-state index is 0. The largest absolute Gasteiger partial charge is 0.509 e. The van der Waals surface area contributed by atoms with Crippen LogP contribution in [0.4, 0.5) is 22.7 Å². The summed E-state index contributed by atoms with van der Waals surface area (Å²) in [7, 11) is 0. The molecular formula is C76H69N4OPt-3. The normalized spacial score (nSPS) is 17.3. The van der Waals surface area contributed by atoms with E-state index in [1.54, 1.807) is 59.2 Å². The fourth-order valence-corrected chi connectivity index (χ4v) is 11.3. The number of hydrogen-bond donors (Lipinski definition) is 0. The van der Waals surface area contributed by atoms with Crippen LogP contribution in [0.15, 0.2) is 206 Å². The maximum atomic E-state index is 10.4. The Morgan fingerprint density at radius 3 is 1.93 bits per heavy atom. The second-order valence-electron chi connectivity index (χ2n) is 24.4. The van der Waals surface area contributed by atoms with E-state index in [1.165, 1.54) is 6.20 Å². The Bertz CT molecular complexity index is 5160. The molecule has 0 fully saturated rings. The summed E-state index contributed by atoms with van der Waals surface area (Å²) in [6.07, 6.45) is 2.91. The Balaban J connectivity index is 0.00000914. The zero-order valence-electron chi connectivity index (χ0n) is 63.4. The molecule has 412 valence electrons. The summed E-state index contributed by atoms with van der Waals surface area (Å²) in [5.74, 6) is 0.581. The number of benzene rings is 9. The third-order valence-corrected chi connectivity index (χ3v) is 15.8. The van der Waals surface area contributed by atoms with Gasteiger partial charge in [0, 0.05) is 78.0 Å². The van der Waals surface area contributed by atoms with Gasteiger partial charge >= 0.3 is 0 Å². The van der Waals surface area contributed by atoms with Crippen molar-refractivity contribution < 1.29 is 47.7 Å². The molecule has 0 atom stereocenters. The van der Waals surface area contributed by atoms with E-state index in [2.05, 4.69) is 39.8 Å². The molecule has 0 spiro atoms. The Kier molecular flexibility index (Phi) is 9.80. The monoisotopic (exact) mass is 1260 g/mol. The molecule has 0 saturated heterocycles. The second-order valence-corrected chi connectivity index (χ2v) is 24.4. The van der Waals surface area contributed by atoms with Gasteiger partial charge in [0.05, 0.1) is 21.9 Å². The maximum absolute atomic E-state index is 10.4. The van der Waals surface area contributed by atoms with Crippen molar-refractivity contribution >= 4 is 44.6 Å². The second kappa shape index (κ2) is 20.8. The van der Waals surface area contributed by atoms with Gasteiger partial charge < -0.3 is 19.1 Å². The Hall–Kier alpha value is -7.98. The summed E-state index contributed by atoms with van der Waals surface area (Å²) in [6.45, 7) is 22.0. The first kappa shape index (κ1) is 38.7. The fraction of sp³-hybridized carbons (Fsp3) is 0.211. The van der Waals surface area contributed by atoms with Gasteiger partial charge in [-0.25, -0.2) is 4.98 Å². The molecule has 0 radical (unpaired) electrons. The van der Waals surface area contributed by atoms with Crippen LogP contribution < -0.4 is 14.5 Å². The number of pyridine rings is 1. The Labute approximate surface area is 522 Å². The van der Waals surface area contributed by atoms with Crippen LogP contribution >= 0.6 is 0 Å². The van der Waals surface area contributed by atoms with Crippen molar-refractivity contribution in [1.82, 2.24) is 9.55 Å². The maximum Gasteiger partial charge on any atom is 0.135 e. The molecule has 0 bridgehead atoms. The van der Waals surface area contributed by atoms with Crippen LogP contribution in [0, 0.1) is 18.8 Å². The van der Waals surface area contributed by atoms with Crippen molar-refractivity contribution in [1.29, 1.82) is 0 Å². The average molecular weight is 1270 g/mol. The molecule has 0 N–H and O–H groups in total. The van der Waals surface area contributed by atoms with Crippen LogP contribution in [0.25, 0.3) is 72.1 Å². The summed E-state index contributed by atoms with van der Waals surface area (Å²) >= 11 is 0. The van der Waals surface area contributed by atoms with Crippen molar-refractivity contribution in [3.63, 3.8) is 0 Å². The predicted molar refractivity (Wildman–Crippen MR) is 339 cm³/mol. The predicted octanol–water partition coefficient (Wildman–Crippen LogP) is 20.6. The van der Waals surface area contributed by atoms with E-state index in [-0.39, 0.29) is 137 Å². The molecule has 1 aliphatic carbocycles. The fourth-order valence-electron chi connectivity index (χ4n) is 11.3. The van der Waals surface area contributed by atoms with E-state index in [4.69, 9.17) is 19.3 Å². The minimum Gasteiger partial charge on any atom is -0.509 e. The van der Waals surface area contributed by atoms with Gasteiger partial charge in [-0.2, -0.15) is 12.1 Å². The van der Waals surface area contributed by atoms with Gasteiger partial charge in [-0.15, -0.1) is 48.1 Å². The number of nitrogens with zero attached hydrogens (tertiary/aromatic N) is 4. The van der Waals surface area contributed by atoms with Crippen molar-refractivity contribution in [2.45, 2.75) is 104 Å². The van der Waals surface area contributed by atoms with Crippen molar-refractivity contribution in [2.75, 3.05) is 9.80 Å². The summed E-state index contributed by atoms with van der Waals surface area (Å²) in [4.78, 5) is 8.64. The number of hydrogen-bond acceptors (Lipinski definition) is 4. The zero-order chi connectivity index (χ0) is 69.9. The van der Waals surface area contributed by atoms with E-state index < -0.39 is 64.0 Å². The molecular weight excluding hydrogens is 1180 g/mol. The van der Waals surface area contributed by atoms with E-state index in [1.807, 2.05) is 107 Å². The SMILES string of the molecule is [2H]c1c([2H])c([2H])c(-c2cnc(-n3c4[c-]c(Oc5[c-]c(N6[CH-]N(c7c(-c8c([2H])c([2H])c([2H])c(-c9ccccc9)c8[2H])cc(C(C)(C)C)cc7-c7c([2H])c([2H])c8c(c7[2H])C(C)(C)CCC8(C)C)c7ccccc76)ccc5)ccc4c4c([2H])c([2H])c([2H])c([2H])c43)cc2C(C)(C)C)c([2H])c1[2H].[Pt]. The first-order valence-electron chi connectivity index (χ1n) is 35.3. The molecule has 0 amide bonds. The molecule has 13 rings (SSSR count). The van der Waals surface area contributed by atoms with E-state index >= 15 is 0 Å². The van der Waals surface area contributed by atoms with Crippen molar-refractivity contribution in [3.05, 3.63) is 247 Å². The van der Waals surface area contributed by atoms with Gasteiger partial charge in [0.2, 0.25) is 0 Å². The molecule has 2 aliphatic rings. The van der Waals surface area contributed by atoms with Crippen molar-refractivity contribution in [3.8, 4) is 61.8 Å². The van der Waals surface area contributed by atoms with E-state index in [0.717, 1.165) is 18.4 Å². The number of rotatable bonds is 9. The first-order chi connectivity index (χ1) is 45.6. The van der Waals surface area contributed by atoms with Crippen molar-refractivity contribution in [2.24, 2.45) is 0 Å². The molecule has 6 heteroatoms. The molecule has 0 unspecified atom stereocenters.